The van der Waals surface area contributed by atoms with Crippen molar-refractivity contribution in [3.63, 3.8) is 0 Å². The molecule has 0 aromatic carbocycles. The Morgan fingerprint density at radius 1 is 1.29 bits per heavy atom. The predicted octanol–water partition coefficient (Wildman–Crippen LogP) is 3.61. The van der Waals surface area contributed by atoms with Gasteiger partial charge in [-0.1, -0.05) is 6.42 Å². The summed E-state index contributed by atoms with van der Waals surface area (Å²) in [6.45, 7) is 5.70. The first kappa shape index (κ1) is 14.4. The van der Waals surface area contributed by atoms with Crippen molar-refractivity contribution in [1.29, 1.82) is 0 Å². The molecule has 1 fully saturated rings. The normalized spacial score (nSPS) is 19.9. The Bertz CT molecular complexity index is 568. The molecule has 6 heteroatoms. The molecule has 1 N–H and O–H groups in total. The Labute approximate surface area is 129 Å². The van der Waals surface area contributed by atoms with Crippen LogP contribution in [0.2, 0.25) is 0 Å². The van der Waals surface area contributed by atoms with Crippen LogP contribution in [0.15, 0.2) is 23.8 Å². The van der Waals surface area contributed by atoms with Gasteiger partial charge in [0.1, 0.15) is 0 Å². The lowest BCUT2D eigenvalue weighted by Gasteiger charge is -2.37. The fourth-order valence-corrected chi connectivity index (χ4v) is 3.60. The van der Waals surface area contributed by atoms with Crippen molar-refractivity contribution in [3.8, 4) is 0 Å². The molecule has 2 aromatic rings. The molecule has 5 nitrogen and oxygen atoms in total. The monoisotopic (exact) mass is 303 g/mol. The van der Waals surface area contributed by atoms with Crippen molar-refractivity contribution in [1.82, 2.24) is 19.9 Å². The summed E-state index contributed by atoms with van der Waals surface area (Å²) >= 11 is 1.62. The summed E-state index contributed by atoms with van der Waals surface area (Å²) in [7, 11) is 0. The number of anilines is 2. The number of aromatic nitrogens is 3. The summed E-state index contributed by atoms with van der Waals surface area (Å²) in [5.74, 6) is 0.600. The second-order valence-electron chi connectivity index (χ2n) is 5.62. The van der Waals surface area contributed by atoms with Crippen LogP contribution in [0.3, 0.4) is 0 Å². The molecule has 3 heterocycles. The van der Waals surface area contributed by atoms with E-state index in [9.17, 15) is 0 Å². The van der Waals surface area contributed by atoms with E-state index in [1.165, 1.54) is 31.5 Å². The minimum Gasteiger partial charge on any atom is -0.300 e. The first-order chi connectivity index (χ1) is 10.2. The number of hydrogen-bond acceptors (Lipinski definition) is 6. The maximum Gasteiger partial charge on any atom is 0.228 e. The van der Waals surface area contributed by atoms with Crippen LogP contribution in [0.5, 0.6) is 0 Å². The molecule has 0 amide bonds. The maximum atomic E-state index is 4.75. The zero-order valence-corrected chi connectivity index (χ0v) is 13.3. The SMILES string of the molecule is CC(C)N1CCCC[C@H]1c1csc(Nc2ncccn2)n1. The van der Waals surface area contributed by atoms with Gasteiger partial charge in [-0.05, 0) is 39.3 Å². The van der Waals surface area contributed by atoms with Gasteiger partial charge in [-0.25, -0.2) is 15.0 Å². The zero-order valence-electron chi connectivity index (χ0n) is 12.5. The van der Waals surface area contributed by atoms with Gasteiger partial charge in [0.2, 0.25) is 5.95 Å². The average Bonchev–Trinajstić information content (AvgIpc) is 2.96. The molecule has 2 aromatic heterocycles. The lowest BCUT2D eigenvalue weighted by atomic mass is 9.98. The van der Waals surface area contributed by atoms with Gasteiger partial charge in [0.25, 0.3) is 0 Å². The molecule has 1 aliphatic heterocycles. The summed E-state index contributed by atoms with van der Waals surface area (Å²) in [5, 5.41) is 6.20. The minimum atomic E-state index is 0.447. The first-order valence-corrected chi connectivity index (χ1v) is 8.37. The summed E-state index contributed by atoms with van der Waals surface area (Å²) < 4.78 is 0. The van der Waals surface area contributed by atoms with Crippen LogP contribution in [0, 0.1) is 0 Å². The van der Waals surface area contributed by atoms with Crippen molar-refractivity contribution in [2.45, 2.75) is 45.2 Å². The van der Waals surface area contributed by atoms with Gasteiger partial charge >= 0.3 is 0 Å². The first-order valence-electron chi connectivity index (χ1n) is 7.49. The largest absolute Gasteiger partial charge is 0.300 e. The molecule has 21 heavy (non-hydrogen) atoms. The van der Waals surface area contributed by atoms with E-state index in [1.807, 2.05) is 0 Å². The predicted molar refractivity (Wildman–Crippen MR) is 85.9 cm³/mol. The molecule has 0 unspecified atom stereocenters. The van der Waals surface area contributed by atoms with E-state index in [1.54, 1.807) is 29.8 Å². The number of piperidine rings is 1. The zero-order chi connectivity index (χ0) is 14.7. The number of nitrogens with zero attached hydrogens (tertiary/aromatic N) is 4. The third kappa shape index (κ3) is 3.39. The third-order valence-electron chi connectivity index (χ3n) is 3.86. The van der Waals surface area contributed by atoms with Crippen LogP contribution < -0.4 is 5.32 Å². The Balaban J connectivity index is 1.74. The van der Waals surface area contributed by atoms with Crippen LogP contribution in [0.4, 0.5) is 11.1 Å². The number of hydrogen-bond donors (Lipinski definition) is 1. The summed E-state index contributed by atoms with van der Waals surface area (Å²) in [5.41, 5.74) is 1.17. The second kappa shape index (κ2) is 6.49. The summed E-state index contributed by atoms with van der Waals surface area (Å²) in [4.78, 5) is 15.7. The molecule has 1 atom stereocenters. The van der Waals surface area contributed by atoms with Gasteiger partial charge in [-0.2, -0.15) is 0 Å². The second-order valence-corrected chi connectivity index (χ2v) is 6.48. The van der Waals surface area contributed by atoms with E-state index in [2.05, 4.69) is 39.4 Å². The molecule has 0 bridgehead atoms. The Morgan fingerprint density at radius 3 is 2.86 bits per heavy atom. The minimum absolute atomic E-state index is 0.447. The lowest BCUT2D eigenvalue weighted by Crippen LogP contribution is -2.38. The van der Waals surface area contributed by atoms with Crippen molar-refractivity contribution < 1.29 is 0 Å². The topological polar surface area (TPSA) is 53.9 Å². The number of nitrogens with one attached hydrogen (secondary N) is 1. The number of rotatable bonds is 4. The Morgan fingerprint density at radius 2 is 2.10 bits per heavy atom. The van der Waals surface area contributed by atoms with Gasteiger partial charge in [-0.3, -0.25) is 4.90 Å². The molecule has 0 spiro atoms. The highest BCUT2D eigenvalue weighted by molar-refractivity contribution is 7.13. The highest BCUT2D eigenvalue weighted by Crippen LogP contribution is 2.34. The van der Waals surface area contributed by atoms with Crippen LogP contribution in [-0.4, -0.2) is 32.4 Å². The highest BCUT2D eigenvalue weighted by Gasteiger charge is 2.27. The van der Waals surface area contributed by atoms with Gasteiger partial charge in [0, 0.05) is 23.8 Å². The van der Waals surface area contributed by atoms with Crippen molar-refractivity contribution in [2.24, 2.45) is 0 Å². The van der Waals surface area contributed by atoms with E-state index in [0.717, 1.165) is 5.13 Å². The molecule has 1 aliphatic rings. The summed E-state index contributed by atoms with van der Waals surface area (Å²) in [6, 6.07) is 2.81. The van der Waals surface area contributed by atoms with E-state index >= 15 is 0 Å². The fraction of sp³-hybridized carbons (Fsp3) is 0.533. The Kier molecular flexibility index (Phi) is 4.45. The molecule has 3 rings (SSSR count). The van der Waals surface area contributed by atoms with Crippen molar-refractivity contribution in [2.75, 3.05) is 11.9 Å². The number of likely N-dealkylation sites (tertiary alicyclic amines) is 1. The van der Waals surface area contributed by atoms with Gasteiger partial charge < -0.3 is 5.32 Å². The van der Waals surface area contributed by atoms with E-state index in [4.69, 9.17) is 4.98 Å². The lowest BCUT2D eigenvalue weighted by molar-refractivity contribution is 0.110. The van der Waals surface area contributed by atoms with E-state index in [-0.39, 0.29) is 0 Å². The maximum absolute atomic E-state index is 4.75. The third-order valence-corrected chi connectivity index (χ3v) is 4.63. The summed E-state index contributed by atoms with van der Waals surface area (Å²) in [6.07, 6.45) is 7.23. The molecule has 0 radical (unpaired) electrons. The molecule has 0 saturated carbocycles. The van der Waals surface area contributed by atoms with Crippen LogP contribution in [-0.2, 0) is 0 Å². The highest BCUT2D eigenvalue weighted by atomic mass is 32.1. The Hall–Kier alpha value is -1.53. The van der Waals surface area contributed by atoms with Crippen LogP contribution in [0.25, 0.3) is 0 Å². The van der Waals surface area contributed by atoms with Gasteiger partial charge in [0.05, 0.1) is 11.7 Å². The smallest absolute Gasteiger partial charge is 0.228 e. The van der Waals surface area contributed by atoms with Crippen LogP contribution in [0.1, 0.15) is 44.8 Å². The fourth-order valence-electron chi connectivity index (χ4n) is 2.85. The van der Waals surface area contributed by atoms with Gasteiger partial charge in [0.15, 0.2) is 5.13 Å². The number of thiazole rings is 1. The molecular formula is C15H21N5S. The van der Waals surface area contributed by atoms with Crippen molar-refractivity contribution >= 4 is 22.4 Å². The standard InChI is InChI=1S/C15H21N5S/c1-11(2)20-9-4-3-6-13(20)12-10-21-15(18-12)19-14-16-7-5-8-17-14/h5,7-8,10-11,13H,3-4,6,9H2,1-2H3,(H,16,17,18,19)/t13-/m0/s1. The average molecular weight is 303 g/mol. The van der Waals surface area contributed by atoms with E-state index in [0.29, 0.717) is 18.0 Å². The van der Waals surface area contributed by atoms with E-state index < -0.39 is 0 Å². The molecular weight excluding hydrogens is 282 g/mol. The molecule has 0 aliphatic carbocycles. The quantitative estimate of drug-likeness (QED) is 0.935. The molecule has 112 valence electrons. The molecule has 1 saturated heterocycles. The van der Waals surface area contributed by atoms with Gasteiger partial charge in [-0.15, -0.1) is 11.3 Å². The van der Waals surface area contributed by atoms with Crippen LogP contribution >= 0.6 is 11.3 Å². The van der Waals surface area contributed by atoms with Crippen molar-refractivity contribution in [3.05, 3.63) is 29.5 Å².